The van der Waals surface area contributed by atoms with Crippen molar-refractivity contribution >= 4 is 49.1 Å². The fourth-order valence-corrected chi connectivity index (χ4v) is 3.86. The van der Waals surface area contributed by atoms with E-state index in [4.69, 9.17) is 5.73 Å². The maximum Gasteiger partial charge on any atom is 0.196 e. The van der Waals surface area contributed by atoms with Crippen LogP contribution in [0.25, 0.3) is 0 Å². The summed E-state index contributed by atoms with van der Waals surface area (Å²) in [5, 5.41) is 0. The predicted molar refractivity (Wildman–Crippen MR) is 89.0 cm³/mol. The number of fused-ring (bicyclic) bond motifs is 2. The number of carbonyl (C=O) groups excluding carboxylic acids is 2. The van der Waals surface area contributed by atoms with Gasteiger partial charge in [0.05, 0.1) is 0 Å². The predicted octanol–water partition coefficient (Wildman–Crippen LogP) is 4.19. The smallest absolute Gasteiger partial charge is 0.196 e. The SMILES string of the molecule is Cc1ccc(Br)c2c1C(=O)c1c(C)c(N)cc(Br)c1C2=O. The Bertz CT molecular complexity index is 841. The topological polar surface area (TPSA) is 60.2 Å². The van der Waals surface area contributed by atoms with Gasteiger partial charge in [-0.05, 0) is 53.0 Å². The lowest BCUT2D eigenvalue weighted by Crippen LogP contribution is -2.24. The summed E-state index contributed by atoms with van der Waals surface area (Å²) in [6, 6.07) is 5.30. The number of rotatable bonds is 0. The number of hydrogen-bond donors (Lipinski definition) is 1. The van der Waals surface area contributed by atoms with Gasteiger partial charge in [0.15, 0.2) is 11.6 Å². The molecule has 5 heteroatoms. The van der Waals surface area contributed by atoms with Crippen molar-refractivity contribution in [1.82, 2.24) is 0 Å². The molecule has 0 bridgehead atoms. The molecule has 1 aliphatic carbocycles. The highest BCUT2D eigenvalue weighted by atomic mass is 79.9. The largest absolute Gasteiger partial charge is 0.398 e. The molecule has 3 nitrogen and oxygen atoms in total. The van der Waals surface area contributed by atoms with Crippen LogP contribution in [0.4, 0.5) is 5.69 Å². The molecular weight excluding hydrogens is 398 g/mol. The van der Waals surface area contributed by atoms with E-state index in [0.29, 0.717) is 42.5 Å². The first kappa shape index (κ1) is 14.5. The van der Waals surface area contributed by atoms with Crippen LogP contribution >= 0.6 is 31.9 Å². The van der Waals surface area contributed by atoms with Crippen molar-refractivity contribution in [2.45, 2.75) is 13.8 Å². The first-order chi connectivity index (χ1) is 9.84. The molecule has 0 heterocycles. The molecule has 0 radical (unpaired) electrons. The van der Waals surface area contributed by atoms with Crippen molar-refractivity contribution in [2.24, 2.45) is 0 Å². The highest BCUT2D eigenvalue weighted by Crippen LogP contribution is 2.39. The second kappa shape index (κ2) is 4.78. The minimum absolute atomic E-state index is 0.149. The van der Waals surface area contributed by atoms with Crippen LogP contribution in [-0.4, -0.2) is 11.6 Å². The molecule has 0 fully saturated rings. The Hall–Kier alpha value is -1.46. The number of aryl methyl sites for hydroxylation is 1. The van der Waals surface area contributed by atoms with Gasteiger partial charge in [-0.3, -0.25) is 9.59 Å². The van der Waals surface area contributed by atoms with Gasteiger partial charge in [-0.15, -0.1) is 0 Å². The molecule has 2 aromatic carbocycles. The second-order valence-corrected chi connectivity index (χ2v) is 6.80. The third-order valence-electron chi connectivity index (χ3n) is 3.85. The van der Waals surface area contributed by atoms with Gasteiger partial charge in [0.2, 0.25) is 0 Å². The van der Waals surface area contributed by atoms with E-state index < -0.39 is 0 Å². The Labute approximate surface area is 138 Å². The zero-order valence-corrected chi connectivity index (χ0v) is 14.6. The number of hydrogen-bond acceptors (Lipinski definition) is 3. The van der Waals surface area contributed by atoms with Crippen LogP contribution in [-0.2, 0) is 0 Å². The monoisotopic (exact) mass is 407 g/mol. The van der Waals surface area contributed by atoms with Crippen LogP contribution in [0, 0.1) is 13.8 Å². The fourth-order valence-electron chi connectivity index (χ4n) is 2.72. The van der Waals surface area contributed by atoms with E-state index >= 15 is 0 Å². The number of nitrogens with two attached hydrogens (primary N) is 1. The molecule has 0 atom stereocenters. The summed E-state index contributed by atoms with van der Waals surface area (Å²) < 4.78 is 1.19. The number of benzene rings is 2. The van der Waals surface area contributed by atoms with E-state index in [-0.39, 0.29) is 11.6 Å². The Morgan fingerprint density at radius 1 is 0.857 bits per heavy atom. The van der Waals surface area contributed by atoms with Crippen molar-refractivity contribution in [1.29, 1.82) is 0 Å². The first-order valence-corrected chi connectivity index (χ1v) is 7.90. The van der Waals surface area contributed by atoms with Crippen molar-refractivity contribution in [3.63, 3.8) is 0 Å². The van der Waals surface area contributed by atoms with E-state index in [2.05, 4.69) is 31.9 Å². The number of anilines is 1. The van der Waals surface area contributed by atoms with Gasteiger partial charge >= 0.3 is 0 Å². The van der Waals surface area contributed by atoms with Crippen LogP contribution < -0.4 is 5.73 Å². The van der Waals surface area contributed by atoms with Crippen LogP contribution in [0.2, 0.25) is 0 Å². The van der Waals surface area contributed by atoms with Gasteiger partial charge in [-0.25, -0.2) is 0 Å². The van der Waals surface area contributed by atoms with E-state index in [1.807, 2.05) is 13.0 Å². The number of nitrogen functional groups attached to an aromatic ring is 1. The average molecular weight is 409 g/mol. The molecule has 0 unspecified atom stereocenters. The van der Waals surface area contributed by atoms with Crippen LogP contribution in [0.1, 0.15) is 43.0 Å². The first-order valence-electron chi connectivity index (χ1n) is 6.31. The average Bonchev–Trinajstić information content (AvgIpc) is 2.42. The minimum Gasteiger partial charge on any atom is -0.398 e. The lowest BCUT2D eigenvalue weighted by atomic mass is 9.80. The molecule has 0 aliphatic heterocycles. The van der Waals surface area contributed by atoms with Crippen molar-refractivity contribution < 1.29 is 9.59 Å². The molecule has 2 aromatic rings. The van der Waals surface area contributed by atoms with Gasteiger partial charge in [-0.2, -0.15) is 0 Å². The Morgan fingerprint density at radius 2 is 1.43 bits per heavy atom. The minimum atomic E-state index is -0.162. The fraction of sp³-hybridized carbons (Fsp3) is 0.125. The maximum absolute atomic E-state index is 12.9. The molecule has 21 heavy (non-hydrogen) atoms. The van der Waals surface area contributed by atoms with Gasteiger partial charge in [0, 0.05) is 36.9 Å². The molecule has 0 amide bonds. The highest BCUT2D eigenvalue weighted by molar-refractivity contribution is 9.11. The van der Waals surface area contributed by atoms with Gasteiger partial charge in [-0.1, -0.05) is 22.0 Å². The summed E-state index contributed by atoms with van der Waals surface area (Å²) in [6.07, 6.45) is 0. The number of ketones is 2. The third kappa shape index (κ3) is 1.91. The molecule has 0 saturated heterocycles. The van der Waals surface area contributed by atoms with Crippen LogP contribution in [0.15, 0.2) is 27.1 Å². The molecule has 1 aliphatic rings. The summed E-state index contributed by atoms with van der Waals surface area (Å²) in [5.74, 6) is -0.311. The van der Waals surface area contributed by atoms with E-state index in [0.717, 1.165) is 5.56 Å². The van der Waals surface area contributed by atoms with E-state index in [9.17, 15) is 9.59 Å². The lowest BCUT2D eigenvalue weighted by molar-refractivity contribution is 0.0977. The van der Waals surface area contributed by atoms with Crippen molar-refractivity contribution in [2.75, 3.05) is 5.73 Å². The van der Waals surface area contributed by atoms with Gasteiger partial charge in [0.25, 0.3) is 0 Å². The van der Waals surface area contributed by atoms with Crippen LogP contribution in [0.3, 0.4) is 0 Å². The Morgan fingerprint density at radius 3 is 2.10 bits per heavy atom. The number of halogens is 2. The summed E-state index contributed by atoms with van der Waals surface area (Å²) in [5.41, 5.74) is 9.56. The molecular formula is C16H11Br2NO2. The maximum atomic E-state index is 12.9. The van der Waals surface area contributed by atoms with Crippen molar-refractivity contribution in [3.05, 3.63) is 60.5 Å². The van der Waals surface area contributed by atoms with E-state index in [1.54, 1.807) is 19.1 Å². The van der Waals surface area contributed by atoms with Crippen LogP contribution in [0.5, 0.6) is 0 Å². The summed E-state index contributed by atoms with van der Waals surface area (Å²) >= 11 is 6.74. The quantitative estimate of drug-likeness (QED) is 0.567. The summed E-state index contributed by atoms with van der Waals surface area (Å²) in [6.45, 7) is 3.60. The lowest BCUT2D eigenvalue weighted by Gasteiger charge is -2.23. The molecule has 0 aromatic heterocycles. The standard InChI is InChI=1S/C16H11Br2NO2/c1-6-3-4-8(17)13-11(6)15(20)12-7(2)10(19)5-9(18)14(12)16(13)21/h3-5H,19H2,1-2H3. The zero-order chi connectivity index (χ0) is 15.5. The molecule has 3 rings (SSSR count). The third-order valence-corrected chi connectivity index (χ3v) is 5.14. The molecule has 0 spiro atoms. The van der Waals surface area contributed by atoms with Crippen molar-refractivity contribution in [3.8, 4) is 0 Å². The Balaban J connectivity index is 2.47. The molecule has 0 saturated carbocycles. The summed E-state index contributed by atoms with van der Waals surface area (Å²) in [7, 11) is 0. The van der Waals surface area contributed by atoms with Gasteiger partial charge in [0.1, 0.15) is 0 Å². The zero-order valence-electron chi connectivity index (χ0n) is 11.4. The van der Waals surface area contributed by atoms with Gasteiger partial charge < -0.3 is 5.73 Å². The Kier molecular flexibility index (Phi) is 3.30. The molecule has 2 N–H and O–H groups in total. The molecule has 106 valence electrons. The number of carbonyl (C=O) groups is 2. The second-order valence-electron chi connectivity index (χ2n) is 5.10. The van der Waals surface area contributed by atoms with E-state index in [1.165, 1.54) is 0 Å². The normalized spacial score (nSPS) is 13.1. The summed E-state index contributed by atoms with van der Waals surface area (Å²) in [4.78, 5) is 25.8. The highest BCUT2D eigenvalue weighted by Gasteiger charge is 2.35.